The highest BCUT2D eigenvalue weighted by molar-refractivity contribution is 8.01. The van der Waals surface area contributed by atoms with Crippen LogP contribution < -0.4 is 22.5 Å². The number of carbonyl (C=O) groups excluding carboxylic acids is 2. The van der Waals surface area contributed by atoms with Gasteiger partial charge in [-0.15, -0.1) is 11.3 Å². The zero-order valence-electron chi connectivity index (χ0n) is 18.0. The van der Waals surface area contributed by atoms with Gasteiger partial charge in [-0.1, -0.05) is 28.7 Å². The number of carboxylic acid groups (broad SMARTS) is 1. The third-order valence-corrected chi connectivity index (χ3v) is 8.03. The number of fused-ring (bicyclic) bond motifs is 1. The third kappa shape index (κ3) is 4.69. The minimum Gasteiger partial charge on any atom is -0.477 e. The van der Waals surface area contributed by atoms with Crippen molar-refractivity contribution in [2.75, 3.05) is 30.1 Å². The van der Waals surface area contributed by atoms with Crippen molar-refractivity contribution in [3.05, 3.63) is 28.4 Å². The average molecular weight is 538 g/mol. The van der Waals surface area contributed by atoms with Crippen molar-refractivity contribution in [1.29, 1.82) is 0 Å². The number of anilines is 3. The summed E-state index contributed by atoms with van der Waals surface area (Å²) in [7, 11) is 1.27. The Hall–Kier alpha value is -3.57. The Balaban J connectivity index is 1.87. The molecule has 184 valence electrons. The van der Waals surface area contributed by atoms with Gasteiger partial charge in [-0.25, -0.2) is 19.7 Å². The van der Waals surface area contributed by atoms with Crippen molar-refractivity contribution < 1.29 is 24.3 Å². The summed E-state index contributed by atoms with van der Waals surface area (Å²) in [5.74, 6) is -2.18. The molecule has 1 saturated heterocycles. The number of oxime groups is 1. The summed E-state index contributed by atoms with van der Waals surface area (Å²) in [6, 6.07) is 1.38. The molecule has 0 aromatic carbocycles. The Morgan fingerprint density at radius 3 is 2.66 bits per heavy atom. The molecule has 2 aromatic heterocycles. The number of thiazole rings is 1. The molecule has 17 heteroatoms. The van der Waals surface area contributed by atoms with Crippen LogP contribution in [0.4, 0.5) is 16.8 Å². The molecule has 0 radical (unpaired) electrons. The van der Waals surface area contributed by atoms with Crippen LogP contribution in [0.5, 0.6) is 0 Å². The SMILES string of the molecule is CON=CC(=O)NC1(c2csc(N)n2)S[C@H]2CC(=O)N2C(C(=O)O)=C1CSc1nc(N)cc(N)n1. The van der Waals surface area contributed by atoms with Crippen LogP contribution in [0.2, 0.25) is 0 Å². The van der Waals surface area contributed by atoms with Crippen LogP contribution in [-0.2, 0) is 24.1 Å². The van der Waals surface area contributed by atoms with Crippen LogP contribution in [0, 0.1) is 0 Å². The van der Waals surface area contributed by atoms with Crippen LogP contribution in [0.1, 0.15) is 12.1 Å². The lowest BCUT2D eigenvalue weighted by atomic mass is 9.98. The van der Waals surface area contributed by atoms with Crippen LogP contribution in [0.25, 0.3) is 0 Å². The maximum atomic E-state index is 12.8. The molecule has 2 aliphatic rings. The highest BCUT2D eigenvalue weighted by Gasteiger charge is 2.56. The number of rotatable bonds is 8. The predicted octanol–water partition coefficient (Wildman–Crippen LogP) is 0.0171. The Morgan fingerprint density at radius 2 is 2.09 bits per heavy atom. The van der Waals surface area contributed by atoms with Gasteiger partial charge in [0.25, 0.3) is 5.91 Å². The average Bonchev–Trinajstić information content (AvgIpc) is 3.22. The lowest BCUT2D eigenvalue weighted by molar-refractivity contribution is -0.146. The summed E-state index contributed by atoms with van der Waals surface area (Å²) < 4.78 is 0. The molecule has 2 aliphatic heterocycles. The van der Waals surface area contributed by atoms with Crippen LogP contribution >= 0.6 is 34.9 Å². The third-order valence-electron chi connectivity index (χ3n) is 4.92. The van der Waals surface area contributed by atoms with E-state index >= 15 is 0 Å². The fourth-order valence-electron chi connectivity index (χ4n) is 3.54. The lowest BCUT2D eigenvalue weighted by Gasteiger charge is -2.51. The highest BCUT2D eigenvalue weighted by Crippen LogP contribution is 2.54. The number of hydrogen-bond donors (Lipinski definition) is 5. The molecule has 1 unspecified atom stereocenters. The lowest BCUT2D eigenvalue weighted by Crippen LogP contribution is -2.61. The Labute approximate surface area is 210 Å². The molecule has 1 fully saturated rings. The summed E-state index contributed by atoms with van der Waals surface area (Å²) in [4.78, 5) is 54.5. The molecule has 2 atom stereocenters. The zero-order chi connectivity index (χ0) is 25.3. The monoisotopic (exact) mass is 537 g/mol. The van der Waals surface area contributed by atoms with E-state index in [4.69, 9.17) is 17.2 Å². The fraction of sp³-hybridized carbons (Fsp3) is 0.278. The predicted molar refractivity (Wildman–Crippen MR) is 131 cm³/mol. The van der Waals surface area contributed by atoms with E-state index in [2.05, 4.69) is 30.3 Å². The molecule has 14 nitrogen and oxygen atoms in total. The van der Waals surface area contributed by atoms with E-state index in [9.17, 15) is 19.5 Å². The number of nitrogen functional groups attached to an aromatic ring is 3. The molecule has 0 bridgehead atoms. The van der Waals surface area contributed by atoms with Crippen molar-refractivity contribution in [2.45, 2.75) is 21.8 Å². The zero-order valence-corrected chi connectivity index (χ0v) is 20.4. The molecule has 4 rings (SSSR count). The minimum absolute atomic E-state index is 0.0623. The number of hydrogen-bond acceptors (Lipinski definition) is 14. The molecule has 0 spiro atoms. The molecule has 35 heavy (non-hydrogen) atoms. The Morgan fingerprint density at radius 1 is 1.37 bits per heavy atom. The summed E-state index contributed by atoms with van der Waals surface area (Å²) >= 11 is 3.32. The molecule has 2 amide bonds. The number of carboxylic acids is 1. The summed E-state index contributed by atoms with van der Waals surface area (Å²) in [6.45, 7) is 0. The number of carbonyl (C=O) groups is 3. The van der Waals surface area contributed by atoms with Crippen LogP contribution in [0.3, 0.4) is 0 Å². The second-order valence-corrected chi connectivity index (χ2v) is 10.3. The van der Waals surface area contributed by atoms with Gasteiger partial charge in [-0.05, 0) is 0 Å². The Bertz CT molecular complexity index is 1250. The quantitative estimate of drug-likeness (QED) is 0.0985. The number of amides is 2. The fourth-order valence-corrected chi connectivity index (χ4v) is 6.95. The summed E-state index contributed by atoms with van der Waals surface area (Å²) in [5.41, 5.74) is 17.6. The van der Waals surface area contributed by atoms with E-state index in [1.54, 1.807) is 5.38 Å². The van der Waals surface area contributed by atoms with Crippen molar-refractivity contribution in [3.63, 3.8) is 0 Å². The first-order valence-corrected chi connectivity index (χ1v) is 12.5. The van der Waals surface area contributed by atoms with E-state index < -0.39 is 22.1 Å². The van der Waals surface area contributed by atoms with Crippen LogP contribution in [-0.4, -0.2) is 67.2 Å². The number of thioether (sulfide) groups is 2. The van der Waals surface area contributed by atoms with Gasteiger partial charge in [0.15, 0.2) is 15.2 Å². The van der Waals surface area contributed by atoms with Gasteiger partial charge in [-0.3, -0.25) is 14.5 Å². The molecule has 0 saturated carbocycles. The van der Waals surface area contributed by atoms with E-state index in [0.717, 1.165) is 29.3 Å². The van der Waals surface area contributed by atoms with Crippen molar-refractivity contribution in [3.8, 4) is 0 Å². The smallest absolute Gasteiger partial charge is 0.352 e. The topological polar surface area (TPSA) is 225 Å². The molecule has 4 heterocycles. The standard InChI is InChI=1S/C18H19N9O5S3/c1-32-22-4-11(28)26-18(8-6-33-16(21)23-8)7(5-34-17-24-9(19)2-10(20)25-17)14(15(30)31)27-12(29)3-13(27)35-18/h2,4,6,13H,3,5H2,1H3,(H2,21,23)(H,26,28)(H,30,31)(H4,19,20,24,25)/t13-,18?/m0/s1. The Kier molecular flexibility index (Phi) is 6.73. The maximum Gasteiger partial charge on any atom is 0.352 e. The van der Waals surface area contributed by atoms with Gasteiger partial charge >= 0.3 is 5.97 Å². The number of aromatic nitrogens is 3. The van der Waals surface area contributed by atoms with Gasteiger partial charge in [0, 0.05) is 22.8 Å². The largest absolute Gasteiger partial charge is 0.477 e. The molecule has 2 aromatic rings. The number of nitrogens with one attached hydrogen (secondary N) is 1. The van der Waals surface area contributed by atoms with Crippen molar-refractivity contribution >= 4 is 75.6 Å². The number of nitrogens with two attached hydrogens (primary N) is 3. The van der Waals surface area contributed by atoms with Gasteiger partial charge < -0.3 is 32.5 Å². The highest BCUT2D eigenvalue weighted by atomic mass is 32.2. The van der Waals surface area contributed by atoms with Gasteiger partial charge in [0.2, 0.25) is 5.91 Å². The first-order chi connectivity index (χ1) is 16.6. The first-order valence-electron chi connectivity index (χ1n) is 9.74. The van der Waals surface area contributed by atoms with Gasteiger partial charge in [0.05, 0.1) is 17.5 Å². The number of nitrogens with zero attached hydrogens (tertiary/aromatic N) is 5. The molecular formula is C18H19N9O5S3. The summed E-state index contributed by atoms with van der Waals surface area (Å²) in [5, 5.41) is 17.9. The number of β-lactam (4-membered cyclic amide) rings is 1. The second kappa shape index (κ2) is 9.59. The van der Waals surface area contributed by atoms with Crippen molar-refractivity contribution in [1.82, 2.24) is 25.2 Å². The molecular weight excluding hydrogens is 518 g/mol. The second-order valence-electron chi connectivity index (χ2n) is 7.12. The van der Waals surface area contributed by atoms with Crippen molar-refractivity contribution in [2.24, 2.45) is 5.16 Å². The minimum atomic E-state index is -1.50. The normalized spacial score (nSPS) is 21.6. The summed E-state index contributed by atoms with van der Waals surface area (Å²) in [6.07, 6.45) is 0.989. The van der Waals surface area contributed by atoms with E-state index in [0.29, 0.717) is 5.69 Å². The van der Waals surface area contributed by atoms with E-state index in [-0.39, 0.29) is 51.3 Å². The molecule has 8 N–H and O–H groups in total. The first kappa shape index (κ1) is 24.6. The maximum absolute atomic E-state index is 12.8. The van der Waals surface area contributed by atoms with Gasteiger partial charge in [-0.2, -0.15) is 0 Å². The van der Waals surface area contributed by atoms with E-state index in [1.165, 1.54) is 29.8 Å². The van der Waals surface area contributed by atoms with Gasteiger partial charge in [0.1, 0.15) is 30.7 Å². The van der Waals surface area contributed by atoms with E-state index in [1.807, 2.05) is 0 Å². The number of aliphatic carboxylic acids is 1. The molecule has 0 aliphatic carbocycles. The van der Waals surface area contributed by atoms with Crippen LogP contribution in [0.15, 0.2) is 33.0 Å².